The first-order chi connectivity index (χ1) is 16.1. The zero-order chi connectivity index (χ0) is 24.9. The highest BCUT2D eigenvalue weighted by Gasteiger charge is 2.53. The van der Waals surface area contributed by atoms with Crippen molar-refractivity contribution in [3.63, 3.8) is 0 Å². The first kappa shape index (κ1) is 27.6. The predicted octanol–water partition coefficient (Wildman–Crippen LogP) is 5.30. The van der Waals surface area contributed by atoms with Gasteiger partial charge in [-0.2, -0.15) is 11.8 Å². The molecule has 186 valence electrons. The number of thiophene rings is 1. The Morgan fingerprint density at radius 3 is 2.74 bits per heavy atom. The van der Waals surface area contributed by atoms with Crippen molar-refractivity contribution in [1.82, 2.24) is 0 Å². The van der Waals surface area contributed by atoms with E-state index in [1.54, 1.807) is 37.3 Å². The first-order valence-electron chi connectivity index (χ1n) is 11.3. The van der Waals surface area contributed by atoms with E-state index in [0.29, 0.717) is 24.3 Å². The van der Waals surface area contributed by atoms with Crippen molar-refractivity contribution in [1.29, 1.82) is 0 Å². The van der Waals surface area contributed by atoms with Gasteiger partial charge in [-0.05, 0) is 36.8 Å². The van der Waals surface area contributed by atoms with Gasteiger partial charge in [0.05, 0.1) is 33.6 Å². The molecule has 0 spiro atoms. The molecule has 1 heterocycles. The Hall–Kier alpha value is -1.03. The molecule has 0 amide bonds. The van der Waals surface area contributed by atoms with E-state index < -0.39 is 23.6 Å². The number of carboxylic acids is 1. The summed E-state index contributed by atoms with van der Waals surface area (Å²) in [7, 11) is 0. The molecule has 1 aliphatic carbocycles. The van der Waals surface area contributed by atoms with Gasteiger partial charge in [0.2, 0.25) is 0 Å². The molecular weight excluding hydrogens is 512 g/mol. The van der Waals surface area contributed by atoms with Crippen molar-refractivity contribution < 1.29 is 24.9 Å². The fourth-order valence-corrected chi connectivity index (χ4v) is 7.99. The quantitative estimate of drug-likeness (QED) is 0.247. The average molecular weight is 543 g/mol. The van der Waals surface area contributed by atoms with Gasteiger partial charge in [0.25, 0.3) is 0 Å². The minimum absolute atomic E-state index is 0.0180. The number of rotatable bonds is 12. The lowest BCUT2D eigenvalue weighted by Gasteiger charge is -2.22. The number of ketones is 1. The zero-order valence-electron chi connectivity index (χ0n) is 19.3. The second-order valence-corrected chi connectivity index (χ2v) is 12.9. The molecule has 3 rings (SSSR count). The fraction of sp³-hybridized carbons (Fsp3) is 0.520. The summed E-state index contributed by atoms with van der Waals surface area (Å²) in [4.78, 5) is 24.6. The monoisotopic (exact) mass is 542 g/mol. The smallest absolute Gasteiger partial charge is 0.313 e. The van der Waals surface area contributed by atoms with Crippen LogP contribution in [-0.4, -0.2) is 61.8 Å². The molecule has 4 atom stereocenters. The molecule has 3 N–H and O–H groups in total. The maximum atomic E-state index is 13.0. The number of benzene rings is 1. The SMILES string of the molecule is CC1(C)C(=O)C(SCCCSCC(=O)O)C(C=CC(O)CCc2sc3ccccc3c2Cl)C1O. The Labute approximate surface area is 218 Å². The molecule has 34 heavy (non-hydrogen) atoms. The summed E-state index contributed by atoms with van der Waals surface area (Å²) >= 11 is 11.0. The lowest BCUT2D eigenvalue weighted by molar-refractivity contribution is -0.134. The molecule has 1 fully saturated rings. The van der Waals surface area contributed by atoms with Crippen molar-refractivity contribution in [3.05, 3.63) is 46.3 Å². The number of halogens is 1. The number of aryl methyl sites for hydroxylation is 1. The van der Waals surface area contributed by atoms with E-state index in [4.69, 9.17) is 16.7 Å². The van der Waals surface area contributed by atoms with Gasteiger partial charge in [0, 0.05) is 20.9 Å². The van der Waals surface area contributed by atoms with Crippen molar-refractivity contribution in [2.24, 2.45) is 11.3 Å². The topological polar surface area (TPSA) is 94.8 Å². The largest absolute Gasteiger partial charge is 0.481 e. The van der Waals surface area contributed by atoms with E-state index in [9.17, 15) is 19.8 Å². The van der Waals surface area contributed by atoms with E-state index in [-0.39, 0.29) is 22.7 Å². The number of hydrogen-bond donors (Lipinski definition) is 3. The van der Waals surface area contributed by atoms with Crippen LogP contribution in [0.2, 0.25) is 5.02 Å². The standard InChI is InChI=1S/C25H31ClO5S3/c1-25(2)23(30)17(22(24(25)31)33-13-5-12-32-14-20(28)29)10-8-15(27)9-11-19-21(26)16-6-3-4-7-18(16)34-19/h3-4,6-8,10,15,17,22-23,27,30H,5,9,11-14H2,1-2H3,(H,28,29). The number of fused-ring (bicyclic) bond motifs is 1. The molecule has 0 bridgehead atoms. The summed E-state index contributed by atoms with van der Waals surface area (Å²) < 4.78 is 1.13. The number of hydrogen-bond acceptors (Lipinski definition) is 7. The van der Waals surface area contributed by atoms with Gasteiger partial charge in [0.1, 0.15) is 0 Å². The van der Waals surface area contributed by atoms with E-state index in [1.807, 2.05) is 24.3 Å². The lowest BCUT2D eigenvalue weighted by atomic mass is 9.86. The molecule has 2 aromatic rings. The highest BCUT2D eigenvalue weighted by Crippen LogP contribution is 2.45. The number of carboxylic acid groups (broad SMARTS) is 1. The molecule has 9 heteroatoms. The molecule has 1 aromatic carbocycles. The van der Waals surface area contributed by atoms with Crippen LogP contribution in [0.1, 0.15) is 31.6 Å². The van der Waals surface area contributed by atoms with Crippen LogP contribution in [0.15, 0.2) is 36.4 Å². The molecule has 5 nitrogen and oxygen atoms in total. The van der Waals surface area contributed by atoms with Crippen molar-refractivity contribution in [3.8, 4) is 0 Å². The Bertz CT molecular complexity index is 1030. The third-order valence-corrected chi connectivity index (χ3v) is 10.3. The van der Waals surface area contributed by atoms with E-state index in [1.165, 1.54) is 23.5 Å². The number of carbonyl (C=O) groups is 2. The molecule has 1 aromatic heterocycles. The number of thioether (sulfide) groups is 2. The molecule has 0 radical (unpaired) electrons. The summed E-state index contributed by atoms with van der Waals surface area (Å²) in [6.45, 7) is 3.54. The van der Waals surface area contributed by atoms with E-state index in [2.05, 4.69) is 0 Å². The number of aliphatic hydroxyl groups is 2. The summed E-state index contributed by atoms with van der Waals surface area (Å²) in [6, 6.07) is 7.97. The summed E-state index contributed by atoms with van der Waals surface area (Å²) in [5.41, 5.74) is -0.847. The molecular formula is C25H31ClO5S3. The fourth-order valence-electron chi connectivity index (χ4n) is 4.11. The zero-order valence-corrected chi connectivity index (χ0v) is 22.5. The van der Waals surface area contributed by atoms with Crippen molar-refractivity contribution >= 4 is 68.3 Å². The number of Topliss-reactive ketones (excluding diaryl/α,β-unsaturated/α-hetero) is 1. The summed E-state index contributed by atoms with van der Waals surface area (Å²) in [5.74, 6) is 0.321. The van der Waals surface area contributed by atoms with Gasteiger partial charge in [-0.3, -0.25) is 9.59 Å². The van der Waals surface area contributed by atoms with Crippen LogP contribution in [0.4, 0.5) is 0 Å². The lowest BCUT2D eigenvalue weighted by Crippen LogP contribution is -2.31. The highest BCUT2D eigenvalue weighted by molar-refractivity contribution is 8.01. The van der Waals surface area contributed by atoms with Gasteiger partial charge in [-0.1, -0.05) is 55.8 Å². The normalized spacial score (nSPS) is 23.2. The van der Waals surface area contributed by atoms with Gasteiger partial charge in [-0.15, -0.1) is 23.1 Å². The number of carbonyl (C=O) groups excluding carboxylic acids is 1. The Balaban J connectivity index is 1.57. The Morgan fingerprint density at radius 2 is 2.03 bits per heavy atom. The Kier molecular flexibility index (Phi) is 9.95. The van der Waals surface area contributed by atoms with Gasteiger partial charge in [-0.25, -0.2) is 0 Å². The van der Waals surface area contributed by atoms with Crippen LogP contribution < -0.4 is 0 Å². The summed E-state index contributed by atoms with van der Waals surface area (Å²) in [6.07, 6.45) is 3.91. The van der Waals surface area contributed by atoms with Gasteiger partial charge in [0.15, 0.2) is 5.78 Å². The first-order valence-corrected chi connectivity index (χ1v) is 14.7. The van der Waals surface area contributed by atoms with Crippen molar-refractivity contribution in [2.45, 2.75) is 50.6 Å². The maximum Gasteiger partial charge on any atom is 0.313 e. The second kappa shape index (κ2) is 12.3. The molecule has 0 aliphatic heterocycles. The minimum Gasteiger partial charge on any atom is -0.481 e. The molecule has 1 aliphatic rings. The minimum atomic E-state index is -0.847. The Morgan fingerprint density at radius 1 is 1.29 bits per heavy atom. The third-order valence-electron chi connectivity index (χ3n) is 6.13. The predicted molar refractivity (Wildman–Crippen MR) is 144 cm³/mol. The van der Waals surface area contributed by atoms with Crippen LogP contribution in [0.5, 0.6) is 0 Å². The van der Waals surface area contributed by atoms with Crippen molar-refractivity contribution in [2.75, 3.05) is 17.3 Å². The number of aliphatic carboxylic acids is 1. The van der Waals surface area contributed by atoms with E-state index >= 15 is 0 Å². The highest BCUT2D eigenvalue weighted by atomic mass is 35.5. The van der Waals surface area contributed by atoms with Crippen LogP contribution >= 0.6 is 46.5 Å². The van der Waals surface area contributed by atoms with Crippen LogP contribution in [0.25, 0.3) is 10.1 Å². The molecule has 4 unspecified atom stereocenters. The van der Waals surface area contributed by atoms with Gasteiger partial charge >= 0.3 is 5.97 Å². The van der Waals surface area contributed by atoms with Crippen LogP contribution in [0, 0.1) is 11.3 Å². The second-order valence-electron chi connectivity index (χ2n) is 9.03. The van der Waals surface area contributed by atoms with Gasteiger partial charge < -0.3 is 15.3 Å². The van der Waals surface area contributed by atoms with E-state index in [0.717, 1.165) is 26.4 Å². The average Bonchev–Trinajstić information content (AvgIpc) is 3.20. The van der Waals surface area contributed by atoms with Crippen LogP contribution in [-0.2, 0) is 16.0 Å². The third kappa shape index (κ3) is 6.59. The van der Waals surface area contributed by atoms with Crippen LogP contribution in [0.3, 0.4) is 0 Å². The molecule has 1 saturated carbocycles. The summed E-state index contributed by atoms with van der Waals surface area (Å²) in [5, 5.41) is 31.5. The molecule has 0 saturated heterocycles. The number of aliphatic hydroxyl groups excluding tert-OH is 2. The maximum absolute atomic E-state index is 13.0.